The Hall–Kier alpha value is -3.28. The smallest absolute Gasteiger partial charge is 0.240 e. The van der Waals surface area contributed by atoms with E-state index < -0.39 is 0 Å². The molecule has 35 heavy (non-hydrogen) atoms. The number of nitrogens with zero attached hydrogens (tertiary/aromatic N) is 2. The highest BCUT2D eigenvalue weighted by molar-refractivity contribution is 6.42. The van der Waals surface area contributed by atoms with E-state index in [2.05, 4.69) is 34.2 Å². The number of fused-ring (bicyclic) bond motifs is 1. The van der Waals surface area contributed by atoms with Gasteiger partial charge in [0.15, 0.2) is 0 Å². The molecule has 0 unspecified atom stereocenters. The molecule has 7 heteroatoms. The number of para-hydroxylation sites is 1. The summed E-state index contributed by atoms with van der Waals surface area (Å²) < 4.78 is 7.38. The molecule has 0 aliphatic carbocycles. The summed E-state index contributed by atoms with van der Waals surface area (Å²) in [5, 5.41) is 6.34. The molecule has 0 aliphatic heterocycles. The molecular weight excluding hydrogens is 481 g/mol. The van der Waals surface area contributed by atoms with E-state index in [1.165, 1.54) is 11.1 Å². The molecule has 5 nitrogen and oxygen atoms in total. The maximum Gasteiger partial charge on any atom is 0.240 e. The highest BCUT2D eigenvalue weighted by Gasteiger charge is 2.09. The first kappa shape index (κ1) is 24.8. The van der Waals surface area contributed by atoms with Crippen LogP contribution in [0.2, 0.25) is 10.0 Å². The third kappa shape index (κ3) is 6.24. The fourth-order valence-electron chi connectivity index (χ4n) is 4.09. The molecule has 180 valence electrons. The van der Waals surface area contributed by atoms with Gasteiger partial charge in [-0.2, -0.15) is 5.10 Å². The highest BCUT2D eigenvalue weighted by Crippen LogP contribution is 2.25. The van der Waals surface area contributed by atoms with Crippen LogP contribution in [-0.4, -0.2) is 23.8 Å². The first-order valence-electron chi connectivity index (χ1n) is 11.4. The number of amides is 1. The summed E-state index contributed by atoms with van der Waals surface area (Å²) >= 11 is 12.2. The monoisotopic (exact) mass is 507 g/mol. The average Bonchev–Trinajstić information content (AvgIpc) is 3.19. The number of ether oxygens (including phenoxy) is 1. The summed E-state index contributed by atoms with van der Waals surface area (Å²) in [4.78, 5) is 12.3. The first-order valence-corrected chi connectivity index (χ1v) is 12.2. The number of hydrazone groups is 1. The van der Waals surface area contributed by atoms with Crippen LogP contribution in [-0.2, 0) is 17.8 Å². The van der Waals surface area contributed by atoms with Gasteiger partial charge in [-0.25, -0.2) is 5.43 Å². The minimum absolute atomic E-state index is 0.105. The molecule has 0 atom stereocenters. The number of carbonyl (C=O) groups excluding carboxylic acids is 1. The lowest BCUT2D eigenvalue weighted by atomic mass is 10.0. The number of aromatic nitrogens is 1. The third-order valence-electron chi connectivity index (χ3n) is 5.95. The zero-order chi connectivity index (χ0) is 24.8. The molecule has 0 saturated heterocycles. The number of hydrogen-bond acceptors (Lipinski definition) is 3. The average molecular weight is 508 g/mol. The summed E-state index contributed by atoms with van der Waals surface area (Å²) in [5.41, 5.74) is 8.08. The Balaban J connectivity index is 1.37. The number of halogens is 2. The summed E-state index contributed by atoms with van der Waals surface area (Å²) in [6.07, 6.45) is 5.70. The van der Waals surface area contributed by atoms with Crippen molar-refractivity contribution in [1.29, 1.82) is 0 Å². The second-order valence-electron chi connectivity index (χ2n) is 8.42. The number of benzene rings is 3. The van der Waals surface area contributed by atoms with Crippen molar-refractivity contribution in [2.75, 3.05) is 7.11 Å². The number of rotatable bonds is 9. The summed E-state index contributed by atoms with van der Waals surface area (Å²) in [6.45, 7) is 2.70. The Morgan fingerprint density at radius 1 is 1.09 bits per heavy atom. The maximum absolute atomic E-state index is 12.3. The molecule has 0 aliphatic rings. The standard InChI is InChI=1S/C28H27Cl2N3O2/c1-19-14-23(35-2)12-11-21(19)6-5-9-28(34)32-31-16-22-18-33(27-8-4-3-7-24(22)27)17-20-10-13-25(29)26(30)15-20/h3-4,7-8,10-16,18H,5-6,9,17H2,1-2H3,(H,32,34)/b31-16-. The number of aryl methyl sites for hydroxylation is 2. The van der Waals surface area contributed by atoms with E-state index >= 15 is 0 Å². The molecule has 4 rings (SSSR count). The summed E-state index contributed by atoms with van der Waals surface area (Å²) in [5.74, 6) is 0.739. The number of nitrogens with one attached hydrogen (secondary N) is 1. The first-order chi connectivity index (χ1) is 16.9. The van der Waals surface area contributed by atoms with Gasteiger partial charge in [-0.15, -0.1) is 0 Å². The van der Waals surface area contributed by atoms with Crippen LogP contribution in [0.25, 0.3) is 10.9 Å². The molecule has 1 amide bonds. The normalized spacial score (nSPS) is 11.3. The van der Waals surface area contributed by atoms with E-state index in [9.17, 15) is 4.79 Å². The van der Waals surface area contributed by atoms with Crippen LogP contribution < -0.4 is 10.2 Å². The third-order valence-corrected chi connectivity index (χ3v) is 6.69. The van der Waals surface area contributed by atoms with Crippen LogP contribution in [0, 0.1) is 6.92 Å². The fourth-order valence-corrected chi connectivity index (χ4v) is 4.41. The van der Waals surface area contributed by atoms with Gasteiger partial charge in [0.1, 0.15) is 5.75 Å². The Morgan fingerprint density at radius 2 is 1.91 bits per heavy atom. The molecular formula is C28H27Cl2N3O2. The summed E-state index contributed by atoms with van der Waals surface area (Å²) in [6, 6.07) is 19.7. The molecule has 1 aromatic heterocycles. The van der Waals surface area contributed by atoms with Crippen LogP contribution in [0.4, 0.5) is 0 Å². The van der Waals surface area contributed by atoms with Gasteiger partial charge in [0, 0.05) is 35.6 Å². The van der Waals surface area contributed by atoms with Gasteiger partial charge < -0.3 is 9.30 Å². The van der Waals surface area contributed by atoms with Crippen molar-refractivity contribution in [2.45, 2.75) is 32.7 Å². The lowest BCUT2D eigenvalue weighted by Gasteiger charge is -2.07. The molecule has 0 fully saturated rings. The largest absolute Gasteiger partial charge is 0.497 e. The van der Waals surface area contributed by atoms with E-state index in [1.807, 2.05) is 48.7 Å². The zero-order valence-corrected chi connectivity index (χ0v) is 21.2. The predicted molar refractivity (Wildman–Crippen MR) is 144 cm³/mol. The van der Waals surface area contributed by atoms with E-state index in [1.54, 1.807) is 19.4 Å². The van der Waals surface area contributed by atoms with Gasteiger partial charge in [0.2, 0.25) is 5.91 Å². The number of methoxy groups -OCH3 is 1. The second-order valence-corrected chi connectivity index (χ2v) is 9.23. The molecule has 1 heterocycles. The Morgan fingerprint density at radius 3 is 2.69 bits per heavy atom. The van der Waals surface area contributed by atoms with Crippen molar-refractivity contribution in [1.82, 2.24) is 9.99 Å². The van der Waals surface area contributed by atoms with Crippen LogP contribution in [0.3, 0.4) is 0 Å². The topological polar surface area (TPSA) is 55.6 Å². The molecule has 0 bridgehead atoms. The van der Waals surface area contributed by atoms with Gasteiger partial charge in [-0.1, -0.05) is 53.5 Å². The number of hydrogen-bond donors (Lipinski definition) is 1. The number of carbonyl (C=O) groups is 1. The lowest BCUT2D eigenvalue weighted by molar-refractivity contribution is -0.121. The van der Waals surface area contributed by atoms with Crippen molar-refractivity contribution in [3.63, 3.8) is 0 Å². The van der Waals surface area contributed by atoms with E-state index in [-0.39, 0.29) is 5.91 Å². The van der Waals surface area contributed by atoms with Crippen molar-refractivity contribution in [3.8, 4) is 5.75 Å². The molecule has 0 radical (unpaired) electrons. The predicted octanol–water partition coefficient (Wildman–Crippen LogP) is 6.79. The second kappa shape index (κ2) is 11.4. The quantitative estimate of drug-likeness (QED) is 0.200. The van der Waals surface area contributed by atoms with E-state index in [0.29, 0.717) is 23.0 Å². The van der Waals surface area contributed by atoms with Crippen molar-refractivity contribution in [3.05, 3.63) is 99.2 Å². The van der Waals surface area contributed by atoms with Gasteiger partial charge in [0.25, 0.3) is 0 Å². The van der Waals surface area contributed by atoms with E-state index in [4.69, 9.17) is 27.9 Å². The fraction of sp³-hybridized carbons (Fsp3) is 0.214. The van der Waals surface area contributed by atoms with Gasteiger partial charge in [0.05, 0.1) is 23.4 Å². The van der Waals surface area contributed by atoms with Crippen molar-refractivity contribution in [2.24, 2.45) is 5.10 Å². The van der Waals surface area contributed by atoms with Crippen molar-refractivity contribution < 1.29 is 9.53 Å². The molecule has 1 N–H and O–H groups in total. The molecule has 0 spiro atoms. The van der Waals surface area contributed by atoms with Crippen LogP contribution in [0.15, 0.2) is 72.0 Å². The van der Waals surface area contributed by atoms with E-state index in [0.717, 1.165) is 40.6 Å². The summed E-state index contributed by atoms with van der Waals surface area (Å²) in [7, 11) is 1.66. The Bertz CT molecular complexity index is 1380. The van der Waals surface area contributed by atoms with Gasteiger partial charge >= 0.3 is 0 Å². The van der Waals surface area contributed by atoms with Gasteiger partial charge in [-0.3, -0.25) is 4.79 Å². The van der Waals surface area contributed by atoms with Gasteiger partial charge in [-0.05, 0) is 66.8 Å². The molecule has 3 aromatic carbocycles. The Kier molecular flexibility index (Phi) is 8.11. The Labute approximate surface area is 215 Å². The van der Waals surface area contributed by atoms with Crippen LogP contribution >= 0.6 is 23.2 Å². The SMILES string of the molecule is COc1ccc(CCCC(=O)N/N=C\c2cn(Cc3ccc(Cl)c(Cl)c3)c3ccccc23)c(C)c1. The lowest BCUT2D eigenvalue weighted by Crippen LogP contribution is -2.17. The maximum atomic E-state index is 12.3. The van der Waals surface area contributed by atoms with Crippen LogP contribution in [0.1, 0.15) is 35.1 Å². The minimum Gasteiger partial charge on any atom is -0.497 e. The van der Waals surface area contributed by atoms with Crippen molar-refractivity contribution >= 4 is 46.2 Å². The zero-order valence-electron chi connectivity index (χ0n) is 19.7. The van der Waals surface area contributed by atoms with Crippen LogP contribution in [0.5, 0.6) is 5.75 Å². The molecule has 0 saturated carbocycles. The minimum atomic E-state index is -0.105. The highest BCUT2D eigenvalue weighted by atomic mass is 35.5. The molecule has 4 aromatic rings.